The van der Waals surface area contributed by atoms with Crippen LogP contribution in [0.25, 0.3) is 0 Å². The molecule has 4 nitrogen and oxygen atoms in total. The third-order valence-corrected chi connectivity index (χ3v) is 3.77. The quantitative estimate of drug-likeness (QED) is 0.804. The standard InChI is InChI=1S/C15H28N2O2/c1-3-8-13(2)15(19)16-10-9-14(18)17-11-6-4-5-7-12-17/h13H,3-12H2,1-2H3,(H,16,19)/t13-/m0/s1. The van der Waals surface area contributed by atoms with Crippen molar-refractivity contribution in [3.05, 3.63) is 0 Å². The van der Waals surface area contributed by atoms with Crippen LogP contribution in [0.4, 0.5) is 0 Å². The van der Waals surface area contributed by atoms with Gasteiger partial charge in [0, 0.05) is 32.0 Å². The van der Waals surface area contributed by atoms with E-state index in [1.807, 2.05) is 11.8 Å². The van der Waals surface area contributed by atoms with Crippen molar-refractivity contribution >= 4 is 11.8 Å². The van der Waals surface area contributed by atoms with Gasteiger partial charge in [0.05, 0.1) is 0 Å². The van der Waals surface area contributed by atoms with Gasteiger partial charge in [-0.05, 0) is 19.3 Å². The second kappa shape index (κ2) is 8.94. The van der Waals surface area contributed by atoms with E-state index in [4.69, 9.17) is 0 Å². The molecule has 0 aromatic heterocycles. The van der Waals surface area contributed by atoms with Crippen LogP contribution >= 0.6 is 0 Å². The van der Waals surface area contributed by atoms with Crippen molar-refractivity contribution in [3.63, 3.8) is 0 Å². The van der Waals surface area contributed by atoms with E-state index in [0.717, 1.165) is 38.8 Å². The number of carbonyl (C=O) groups is 2. The van der Waals surface area contributed by atoms with Crippen LogP contribution in [0.1, 0.15) is 58.8 Å². The van der Waals surface area contributed by atoms with Crippen molar-refractivity contribution in [2.75, 3.05) is 19.6 Å². The Morgan fingerprint density at radius 2 is 1.79 bits per heavy atom. The molecule has 0 bridgehead atoms. The zero-order valence-electron chi connectivity index (χ0n) is 12.4. The molecular formula is C15H28N2O2. The first-order chi connectivity index (χ1) is 9.15. The molecule has 0 aromatic rings. The highest BCUT2D eigenvalue weighted by Gasteiger charge is 2.16. The van der Waals surface area contributed by atoms with Crippen molar-refractivity contribution < 1.29 is 9.59 Å². The summed E-state index contributed by atoms with van der Waals surface area (Å²) in [5, 5.41) is 2.87. The number of nitrogens with one attached hydrogen (secondary N) is 1. The molecule has 1 N–H and O–H groups in total. The minimum absolute atomic E-state index is 0.0540. The lowest BCUT2D eigenvalue weighted by molar-refractivity contribution is -0.131. The van der Waals surface area contributed by atoms with Crippen LogP contribution in [0.5, 0.6) is 0 Å². The molecule has 1 aliphatic heterocycles. The normalized spacial score (nSPS) is 17.7. The molecule has 1 rings (SSSR count). The van der Waals surface area contributed by atoms with Gasteiger partial charge in [-0.2, -0.15) is 0 Å². The van der Waals surface area contributed by atoms with Gasteiger partial charge in [0.2, 0.25) is 11.8 Å². The minimum atomic E-state index is 0.0540. The number of hydrogen-bond acceptors (Lipinski definition) is 2. The zero-order valence-corrected chi connectivity index (χ0v) is 12.4. The number of amides is 2. The molecule has 1 atom stereocenters. The summed E-state index contributed by atoms with van der Waals surface area (Å²) in [6.45, 7) is 6.27. The van der Waals surface area contributed by atoms with E-state index in [1.54, 1.807) is 0 Å². The predicted octanol–water partition coefficient (Wildman–Crippen LogP) is 2.33. The largest absolute Gasteiger partial charge is 0.355 e. The Labute approximate surface area is 116 Å². The lowest BCUT2D eigenvalue weighted by atomic mass is 10.1. The van der Waals surface area contributed by atoms with Gasteiger partial charge < -0.3 is 10.2 Å². The summed E-state index contributed by atoms with van der Waals surface area (Å²) in [4.78, 5) is 25.7. The Hall–Kier alpha value is -1.06. The third-order valence-electron chi connectivity index (χ3n) is 3.77. The molecule has 4 heteroatoms. The maximum absolute atomic E-state index is 12.0. The molecule has 1 saturated heterocycles. The lowest BCUT2D eigenvalue weighted by Crippen LogP contribution is -2.36. The monoisotopic (exact) mass is 268 g/mol. The third kappa shape index (κ3) is 6.08. The van der Waals surface area contributed by atoms with Crippen LogP contribution in [0.15, 0.2) is 0 Å². The molecule has 0 aromatic carbocycles. The van der Waals surface area contributed by atoms with E-state index in [0.29, 0.717) is 13.0 Å². The Kier molecular flexibility index (Phi) is 7.53. The van der Waals surface area contributed by atoms with Crippen molar-refractivity contribution in [3.8, 4) is 0 Å². The van der Waals surface area contributed by atoms with Gasteiger partial charge >= 0.3 is 0 Å². The summed E-state index contributed by atoms with van der Waals surface area (Å²) in [5.74, 6) is 0.314. The molecule has 0 aliphatic carbocycles. The highest BCUT2D eigenvalue weighted by molar-refractivity contribution is 5.80. The molecule has 0 radical (unpaired) electrons. The fourth-order valence-corrected chi connectivity index (χ4v) is 2.51. The molecule has 0 saturated carbocycles. The van der Waals surface area contributed by atoms with Gasteiger partial charge in [-0.3, -0.25) is 9.59 Å². The van der Waals surface area contributed by atoms with Crippen molar-refractivity contribution in [1.82, 2.24) is 10.2 Å². The summed E-state index contributed by atoms with van der Waals surface area (Å²) >= 11 is 0. The average molecular weight is 268 g/mol. The molecular weight excluding hydrogens is 240 g/mol. The number of hydrogen-bond donors (Lipinski definition) is 1. The SMILES string of the molecule is CCC[C@H](C)C(=O)NCCC(=O)N1CCCCCC1. The van der Waals surface area contributed by atoms with Crippen LogP contribution in [0, 0.1) is 5.92 Å². The van der Waals surface area contributed by atoms with Gasteiger partial charge in [0.25, 0.3) is 0 Å². The number of carbonyl (C=O) groups excluding carboxylic acids is 2. The van der Waals surface area contributed by atoms with E-state index in [-0.39, 0.29) is 17.7 Å². The summed E-state index contributed by atoms with van der Waals surface area (Å²) < 4.78 is 0. The summed E-state index contributed by atoms with van der Waals surface area (Å²) in [6, 6.07) is 0. The summed E-state index contributed by atoms with van der Waals surface area (Å²) in [5.41, 5.74) is 0. The fourth-order valence-electron chi connectivity index (χ4n) is 2.51. The van der Waals surface area contributed by atoms with Crippen molar-refractivity contribution in [1.29, 1.82) is 0 Å². The number of likely N-dealkylation sites (tertiary alicyclic amines) is 1. The van der Waals surface area contributed by atoms with E-state index in [2.05, 4.69) is 12.2 Å². The molecule has 19 heavy (non-hydrogen) atoms. The maximum atomic E-state index is 12.0. The molecule has 1 aliphatic rings. The van der Waals surface area contributed by atoms with Crippen LogP contribution in [0.3, 0.4) is 0 Å². The molecule has 1 fully saturated rings. The second-order valence-electron chi connectivity index (χ2n) is 5.53. The number of rotatable bonds is 6. The van der Waals surface area contributed by atoms with Gasteiger partial charge in [-0.25, -0.2) is 0 Å². The van der Waals surface area contributed by atoms with E-state index < -0.39 is 0 Å². The molecule has 2 amide bonds. The highest BCUT2D eigenvalue weighted by Crippen LogP contribution is 2.10. The average Bonchev–Trinajstić information content (AvgIpc) is 2.67. The van der Waals surface area contributed by atoms with Crippen LogP contribution in [-0.2, 0) is 9.59 Å². The lowest BCUT2D eigenvalue weighted by Gasteiger charge is -2.20. The summed E-state index contributed by atoms with van der Waals surface area (Å²) in [6.07, 6.45) is 7.05. The molecule has 0 unspecified atom stereocenters. The van der Waals surface area contributed by atoms with Gasteiger partial charge in [-0.1, -0.05) is 33.1 Å². The molecule has 1 heterocycles. The molecule has 110 valence electrons. The Morgan fingerprint density at radius 1 is 1.16 bits per heavy atom. The van der Waals surface area contributed by atoms with Crippen molar-refractivity contribution in [2.24, 2.45) is 5.92 Å². The Bertz CT molecular complexity index is 284. The van der Waals surface area contributed by atoms with E-state index >= 15 is 0 Å². The minimum Gasteiger partial charge on any atom is -0.355 e. The number of nitrogens with zero attached hydrogens (tertiary/aromatic N) is 1. The second-order valence-corrected chi connectivity index (χ2v) is 5.53. The van der Waals surface area contributed by atoms with Crippen LogP contribution < -0.4 is 5.32 Å². The Morgan fingerprint density at radius 3 is 2.37 bits per heavy atom. The van der Waals surface area contributed by atoms with Crippen molar-refractivity contribution in [2.45, 2.75) is 58.8 Å². The zero-order chi connectivity index (χ0) is 14.1. The van der Waals surface area contributed by atoms with Gasteiger partial charge in [0.1, 0.15) is 0 Å². The first kappa shape index (κ1) is 16.0. The van der Waals surface area contributed by atoms with Gasteiger partial charge in [0.15, 0.2) is 0 Å². The molecule has 0 spiro atoms. The van der Waals surface area contributed by atoms with E-state index in [1.165, 1.54) is 12.8 Å². The smallest absolute Gasteiger partial charge is 0.224 e. The maximum Gasteiger partial charge on any atom is 0.224 e. The van der Waals surface area contributed by atoms with Crippen LogP contribution in [-0.4, -0.2) is 36.3 Å². The Balaban J connectivity index is 2.20. The van der Waals surface area contributed by atoms with E-state index in [9.17, 15) is 9.59 Å². The highest BCUT2D eigenvalue weighted by atomic mass is 16.2. The fraction of sp³-hybridized carbons (Fsp3) is 0.867. The predicted molar refractivity (Wildman–Crippen MR) is 76.7 cm³/mol. The first-order valence-corrected chi connectivity index (χ1v) is 7.70. The van der Waals surface area contributed by atoms with Crippen LogP contribution in [0.2, 0.25) is 0 Å². The topological polar surface area (TPSA) is 49.4 Å². The van der Waals surface area contributed by atoms with Gasteiger partial charge in [-0.15, -0.1) is 0 Å². The first-order valence-electron chi connectivity index (χ1n) is 7.70. The summed E-state index contributed by atoms with van der Waals surface area (Å²) in [7, 11) is 0.